The van der Waals surface area contributed by atoms with Crippen molar-refractivity contribution in [3.05, 3.63) is 124 Å². The van der Waals surface area contributed by atoms with Crippen LogP contribution in [0.1, 0.15) is 57.3 Å². The van der Waals surface area contributed by atoms with Gasteiger partial charge in [-0.15, -0.1) is 0 Å². The molecule has 0 spiro atoms. The van der Waals surface area contributed by atoms with E-state index >= 15 is 0 Å². The van der Waals surface area contributed by atoms with Gasteiger partial charge in [0.15, 0.2) is 11.4 Å². The van der Waals surface area contributed by atoms with Gasteiger partial charge in [0.1, 0.15) is 0 Å². The smallest absolute Gasteiger partial charge is 0.358 e. The third-order valence-electron chi connectivity index (χ3n) is 7.76. The first kappa shape index (κ1) is 39.6. The fourth-order valence-electron chi connectivity index (χ4n) is 5.43. The Morgan fingerprint density at radius 3 is 1.41 bits per heavy atom. The maximum absolute atomic E-state index is 12.1. The number of esters is 2. The van der Waals surface area contributed by atoms with Crippen LogP contribution < -0.4 is 0 Å². The molecule has 20 heteroatoms. The Bertz CT molecular complexity index is 2350. The van der Waals surface area contributed by atoms with Crippen LogP contribution in [0.3, 0.4) is 0 Å². The highest BCUT2D eigenvalue weighted by Gasteiger charge is 2.22. The first-order valence-corrected chi connectivity index (χ1v) is 17.5. The van der Waals surface area contributed by atoms with E-state index in [1.54, 1.807) is 72.9 Å². The molecule has 276 valence electrons. The minimum atomic E-state index is -0.551. The zero-order valence-electron chi connectivity index (χ0n) is 29.0. The number of ether oxygens (including phenoxy) is 2. The highest BCUT2D eigenvalue weighted by molar-refractivity contribution is 6.37. The zero-order chi connectivity index (χ0) is 39.1. The van der Waals surface area contributed by atoms with Crippen LogP contribution in [-0.2, 0) is 22.6 Å². The van der Waals surface area contributed by atoms with Crippen LogP contribution in [0.2, 0.25) is 20.1 Å². The lowest BCUT2D eigenvalue weighted by molar-refractivity contribution is 0.0511. The van der Waals surface area contributed by atoms with Crippen molar-refractivity contribution in [1.82, 2.24) is 28.7 Å². The Kier molecular flexibility index (Phi) is 12.8. The molecule has 0 N–H and O–H groups in total. The molecule has 0 aliphatic heterocycles. The molecule has 0 radical (unpaired) electrons. The Hall–Kier alpha value is -5.60. The van der Waals surface area contributed by atoms with E-state index in [4.69, 9.17) is 66.9 Å². The normalized spacial score (nSPS) is 10.7. The summed E-state index contributed by atoms with van der Waals surface area (Å²) >= 11 is 24.8. The maximum atomic E-state index is 12.1. The fraction of sp³-hybridized carbons (Fsp3) is 0.235. The van der Waals surface area contributed by atoms with E-state index in [0.29, 0.717) is 76.7 Å². The highest BCUT2D eigenvalue weighted by Crippen LogP contribution is 2.36. The van der Waals surface area contributed by atoms with Gasteiger partial charge in [-0.3, -0.25) is 8.80 Å². The molecular formula is C34H28Cl4N12O4. The summed E-state index contributed by atoms with van der Waals surface area (Å²) in [6.07, 6.45) is 3.05. The van der Waals surface area contributed by atoms with Crippen molar-refractivity contribution in [2.75, 3.05) is 13.2 Å². The number of hydrogen-bond donors (Lipinski definition) is 0. The number of nitrogens with zero attached hydrogens (tertiary/aromatic N) is 12. The SMILES string of the molecule is CCOC(=O)c1cn2c(-c3ccc(Cl)cc3Cl)c(CN=[N+]=[N-])c(C)nc2n1.CCOC(=O)c1cn2c(-c3ccc(Cl)cc3Cl)c(CN=[N+]=[N-])c(C)nc2n1. The third kappa shape index (κ3) is 8.45. The molecule has 4 heterocycles. The van der Waals surface area contributed by atoms with Gasteiger partial charge in [-0.1, -0.05) is 56.6 Å². The largest absolute Gasteiger partial charge is 0.461 e. The molecule has 0 atom stereocenters. The molecule has 0 amide bonds. The van der Waals surface area contributed by atoms with Crippen molar-refractivity contribution in [2.24, 2.45) is 10.2 Å². The summed E-state index contributed by atoms with van der Waals surface area (Å²) in [6, 6.07) is 10.1. The number of hydrogen-bond acceptors (Lipinski definition) is 10. The molecule has 0 fully saturated rings. The van der Waals surface area contributed by atoms with E-state index in [0.717, 1.165) is 0 Å². The van der Waals surface area contributed by atoms with Crippen molar-refractivity contribution >= 4 is 69.9 Å². The number of imidazole rings is 2. The summed E-state index contributed by atoms with van der Waals surface area (Å²) in [5, 5.41) is 9.10. The van der Waals surface area contributed by atoms with Gasteiger partial charge in [0.05, 0.1) is 47.7 Å². The first-order valence-electron chi connectivity index (χ1n) is 16.0. The molecule has 0 bridgehead atoms. The lowest BCUT2D eigenvalue weighted by atomic mass is 10.0. The molecule has 0 saturated heterocycles. The molecule has 6 rings (SSSR count). The zero-order valence-corrected chi connectivity index (χ0v) is 32.0. The van der Waals surface area contributed by atoms with Crippen LogP contribution in [0.15, 0.2) is 59.0 Å². The number of fused-ring (bicyclic) bond motifs is 2. The molecule has 54 heavy (non-hydrogen) atoms. The Balaban J connectivity index is 0.000000208. The van der Waals surface area contributed by atoms with E-state index in [-0.39, 0.29) is 37.7 Å². The second-order valence-electron chi connectivity index (χ2n) is 11.1. The fourth-order valence-corrected chi connectivity index (χ4v) is 6.43. The van der Waals surface area contributed by atoms with Crippen LogP contribution in [0.5, 0.6) is 0 Å². The summed E-state index contributed by atoms with van der Waals surface area (Å²) in [5.41, 5.74) is 22.8. The van der Waals surface area contributed by atoms with Crippen LogP contribution in [-0.4, -0.2) is 53.9 Å². The summed E-state index contributed by atoms with van der Waals surface area (Å²) in [5.74, 6) is -0.488. The number of carbonyl (C=O) groups is 2. The first-order chi connectivity index (χ1) is 25.9. The molecule has 6 aromatic rings. The third-order valence-corrected chi connectivity index (χ3v) is 8.86. The topological polar surface area (TPSA) is 210 Å². The number of aryl methyl sites for hydroxylation is 2. The number of rotatable bonds is 10. The van der Waals surface area contributed by atoms with Gasteiger partial charge in [0, 0.05) is 65.9 Å². The predicted octanol–water partition coefficient (Wildman–Crippen LogP) is 10.00. The average molecular weight is 810 g/mol. The minimum absolute atomic E-state index is 0.0620. The number of aromatic nitrogens is 6. The maximum Gasteiger partial charge on any atom is 0.358 e. The molecule has 4 aromatic heterocycles. The van der Waals surface area contributed by atoms with E-state index < -0.39 is 11.9 Å². The van der Waals surface area contributed by atoms with E-state index in [1.807, 2.05) is 0 Å². The van der Waals surface area contributed by atoms with E-state index in [2.05, 4.69) is 40.0 Å². The molecule has 0 unspecified atom stereocenters. The van der Waals surface area contributed by atoms with E-state index in [9.17, 15) is 9.59 Å². The van der Waals surface area contributed by atoms with Gasteiger partial charge >= 0.3 is 11.9 Å². The van der Waals surface area contributed by atoms with Gasteiger partial charge in [-0.2, -0.15) is 0 Å². The summed E-state index contributed by atoms with van der Waals surface area (Å²) in [7, 11) is 0. The highest BCUT2D eigenvalue weighted by atomic mass is 35.5. The Labute approximate surface area is 326 Å². The van der Waals surface area contributed by atoms with Crippen molar-refractivity contribution in [1.29, 1.82) is 0 Å². The monoisotopic (exact) mass is 808 g/mol. The lowest BCUT2D eigenvalue weighted by Crippen LogP contribution is -2.04. The van der Waals surface area contributed by atoms with Crippen molar-refractivity contribution in [3.8, 4) is 22.5 Å². The minimum Gasteiger partial charge on any atom is -0.461 e. The standard InChI is InChI=1S/2C17H14Cl2N6O2/c2*1-3-27-16(26)14-8-25-15(11-5-4-10(18)6-13(11)19)12(7-21-24-20)9(2)22-17(25)23-14/h2*4-6,8H,3,7H2,1-2H3. The van der Waals surface area contributed by atoms with Gasteiger partial charge in [0.2, 0.25) is 11.6 Å². The number of azide groups is 2. The van der Waals surface area contributed by atoms with Crippen LogP contribution in [0, 0.1) is 13.8 Å². The lowest BCUT2D eigenvalue weighted by Gasteiger charge is -2.14. The number of benzene rings is 2. The molecular weight excluding hydrogens is 782 g/mol. The molecule has 0 aliphatic carbocycles. The second-order valence-corrected chi connectivity index (χ2v) is 12.8. The Morgan fingerprint density at radius 2 is 1.07 bits per heavy atom. The molecule has 0 saturated carbocycles. The van der Waals surface area contributed by atoms with E-state index in [1.165, 1.54) is 12.4 Å². The van der Waals surface area contributed by atoms with Crippen molar-refractivity contribution in [3.63, 3.8) is 0 Å². The summed E-state index contributed by atoms with van der Waals surface area (Å²) in [6.45, 7) is 7.57. The van der Waals surface area contributed by atoms with Crippen molar-refractivity contribution < 1.29 is 19.1 Å². The number of carbonyl (C=O) groups excluding carboxylic acids is 2. The average Bonchev–Trinajstić information content (AvgIpc) is 3.75. The second kappa shape index (κ2) is 17.5. The van der Waals surface area contributed by atoms with Crippen LogP contribution in [0.4, 0.5) is 0 Å². The van der Waals surface area contributed by atoms with Crippen molar-refractivity contribution in [2.45, 2.75) is 40.8 Å². The number of halogens is 4. The predicted molar refractivity (Wildman–Crippen MR) is 204 cm³/mol. The Morgan fingerprint density at radius 1 is 0.685 bits per heavy atom. The summed E-state index contributed by atoms with van der Waals surface area (Å²) in [4.78, 5) is 47.1. The van der Waals surface area contributed by atoms with Crippen LogP contribution in [0.25, 0.3) is 55.0 Å². The van der Waals surface area contributed by atoms with Gasteiger partial charge in [-0.25, -0.2) is 29.5 Å². The van der Waals surface area contributed by atoms with Gasteiger partial charge in [0.25, 0.3) is 0 Å². The van der Waals surface area contributed by atoms with Gasteiger partial charge in [-0.05, 0) is 75.2 Å². The van der Waals surface area contributed by atoms with Crippen LogP contribution >= 0.6 is 46.4 Å². The van der Waals surface area contributed by atoms with Gasteiger partial charge < -0.3 is 9.47 Å². The molecule has 0 aliphatic rings. The summed E-state index contributed by atoms with van der Waals surface area (Å²) < 4.78 is 13.3. The molecule has 16 nitrogen and oxygen atoms in total. The molecule has 2 aromatic carbocycles. The quantitative estimate of drug-likeness (QED) is 0.0561.